The third-order valence-electron chi connectivity index (χ3n) is 2.44. The molecule has 0 fully saturated rings. The van der Waals surface area contributed by atoms with Crippen molar-refractivity contribution in [2.45, 2.75) is 19.3 Å². The molecule has 1 aromatic carbocycles. The van der Waals surface area contributed by atoms with Crippen molar-refractivity contribution < 1.29 is 9.13 Å². The number of rotatable bonds is 3. The Kier molecular flexibility index (Phi) is 3.41. The van der Waals surface area contributed by atoms with Gasteiger partial charge in [-0.25, -0.2) is 4.39 Å². The predicted octanol–water partition coefficient (Wildman–Crippen LogP) is 4.08. The van der Waals surface area contributed by atoms with Crippen LogP contribution in [-0.4, -0.2) is 6.61 Å². The van der Waals surface area contributed by atoms with Gasteiger partial charge in [-0.15, -0.1) is 0 Å². The molecule has 1 aliphatic rings. The van der Waals surface area contributed by atoms with Crippen molar-refractivity contribution in [3.05, 3.63) is 40.1 Å². The Morgan fingerprint density at radius 3 is 2.93 bits per heavy atom. The molecule has 0 spiro atoms. The molecule has 0 radical (unpaired) electrons. The maximum atomic E-state index is 12.8. The molecule has 0 N–H and O–H groups in total. The first-order chi connectivity index (χ1) is 7.25. The molecule has 0 bridgehead atoms. The third-order valence-corrected chi connectivity index (χ3v) is 3.06. The van der Waals surface area contributed by atoms with Crippen molar-refractivity contribution in [1.29, 1.82) is 0 Å². The number of allylic oxidation sites excluding steroid dienone is 1. The minimum atomic E-state index is -0.255. The van der Waals surface area contributed by atoms with Gasteiger partial charge in [-0.2, -0.15) is 0 Å². The topological polar surface area (TPSA) is 9.23 Å². The van der Waals surface area contributed by atoms with Crippen molar-refractivity contribution in [3.63, 3.8) is 0 Å². The Morgan fingerprint density at radius 1 is 1.40 bits per heavy atom. The average molecular weight is 271 g/mol. The predicted molar refractivity (Wildman–Crippen MR) is 61.5 cm³/mol. The lowest BCUT2D eigenvalue weighted by Crippen LogP contribution is -2.00. The quantitative estimate of drug-likeness (QED) is 0.753. The van der Waals surface area contributed by atoms with E-state index in [1.54, 1.807) is 6.07 Å². The normalized spacial score (nSPS) is 15.2. The van der Waals surface area contributed by atoms with Gasteiger partial charge in [0.05, 0.1) is 4.47 Å². The lowest BCUT2D eigenvalue weighted by molar-refractivity contribution is 0.346. The fourth-order valence-electron chi connectivity index (χ4n) is 1.63. The van der Waals surface area contributed by atoms with Crippen LogP contribution in [0.25, 0.3) is 0 Å². The maximum absolute atomic E-state index is 12.8. The molecule has 2 rings (SSSR count). The first kappa shape index (κ1) is 10.7. The second kappa shape index (κ2) is 4.79. The zero-order valence-corrected chi connectivity index (χ0v) is 9.89. The molecular weight excluding hydrogens is 259 g/mol. The van der Waals surface area contributed by atoms with Crippen LogP contribution in [-0.2, 0) is 0 Å². The zero-order valence-electron chi connectivity index (χ0n) is 8.30. The van der Waals surface area contributed by atoms with Crippen LogP contribution in [0.5, 0.6) is 5.75 Å². The fourth-order valence-corrected chi connectivity index (χ4v) is 2.10. The molecule has 15 heavy (non-hydrogen) atoms. The maximum Gasteiger partial charge on any atom is 0.134 e. The van der Waals surface area contributed by atoms with Crippen LogP contribution in [0, 0.1) is 5.82 Å². The minimum absolute atomic E-state index is 0.255. The van der Waals surface area contributed by atoms with Gasteiger partial charge in [0, 0.05) is 0 Å². The van der Waals surface area contributed by atoms with Crippen LogP contribution in [0.1, 0.15) is 19.3 Å². The smallest absolute Gasteiger partial charge is 0.134 e. The van der Waals surface area contributed by atoms with E-state index in [1.807, 2.05) is 0 Å². The lowest BCUT2D eigenvalue weighted by atomic mass is 10.2. The van der Waals surface area contributed by atoms with E-state index < -0.39 is 0 Å². The van der Waals surface area contributed by atoms with Gasteiger partial charge in [-0.1, -0.05) is 6.08 Å². The molecule has 80 valence electrons. The minimum Gasteiger partial charge on any atom is -0.488 e. The van der Waals surface area contributed by atoms with Gasteiger partial charge >= 0.3 is 0 Å². The molecule has 1 nitrogen and oxygen atoms in total. The molecule has 1 aromatic rings. The summed E-state index contributed by atoms with van der Waals surface area (Å²) in [6, 6.07) is 4.47. The Hall–Kier alpha value is -0.830. The van der Waals surface area contributed by atoms with E-state index >= 15 is 0 Å². The molecule has 0 aliphatic heterocycles. The molecule has 0 saturated carbocycles. The van der Waals surface area contributed by atoms with E-state index in [1.165, 1.54) is 24.1 Å². The van der Waals surface area contributed by atoms with Gasteiger partial charge in [-0.05, 0) is 59.0 Å². The average Bonchev–Trinajstić information content (AvgIpc) is 2.69. The summed E-state index contributed by atoms with van der Waals surface area (Å²) >= 11 is 3.27. The number of hydrogen-bond donors (Lipinski definition) is 0. The van der Waals surface area contributed by atoms with E-state index in [-0.39, 0.29) is 5.82 Å². The fraction of sp³-hybridized carbons (Fsp3) is 0.333. The highest BCUT2D eigenvalue weighted by molar-refractivity contribution is 9.10. The molecule has 0 saturated heterocycles. The highest BCUT2D eigenvalue weighted by Crippen LogP contribution is 2.27. The van der Waals surface area contributed by atoms with Crippen molar-refractivity contribution in [1.82, 2.24) is 0 Å². The first-order valence-corrected chi connectivity index (χ1v) is 5.81. The number of ether oxygens (including phenoxy) is 1. The Balaban J connectivity index is 1.98. The molecule has 0 amide bonds. The first-order valence-electron chi connectivity index (χ1n) is 5.01. The van der Waals surface area contributed by atoms with Gasteiger partial charge in [0.2, 0.25) is 0 Å². The molecule has 0 heterocycles. The van der Waals surface area contributed by atoms with Crippen LogP contribution in [0.4, 0.5) is 4.39 Å². The van der Waals surface area contributed by atoms with Gasteiger partial charge in [0.25, 0.3) is 0 Å². The molecule has 0 atom stereocenters. The second-order valence-electron chi connectivity index (χ2n) is 3.62. The monoisotopic (exact) mass is 270 g/mol. The lowest BCUT2D eigenvalue weighted by Gasteiger charge is -2.08. The van der Waals surface area contributed by atoms with Gasteiger partial charge in [0.15, 0.2) is 0 Å². The largest absolute Gasteiger partial charge is 0.488 e. The molecular formula is C12H12BrFO. The summed E-state index contributed by atoms with van der Waals surface area (Å²) in [5.41, 5.74) is 1.34. The van der Waals surface area contributed by atoms with E-state index in [0.717, 1.165) is 12.8 Å². The van der Waals surface area contributed by atoms with E-state index in [0.29, 0.717) is 16.8 Å². The van der Waals surface area contributed by atoms with Crippen molar-refractivity contribution in [3.8, 4) is 5.75 Å². The molecule has 0 aromatic heterocycles. The van der Waals surface area contributed by atoms with Crippen LogP contribution in [0.2, 0.25) is 0 Å². The molecule has 1 aliphatic carbocycles. The van der Waals surface area contributed by atoms with E-state index in [9.17, 15) is 4.39 Å². The highest BCUT2D eigenvalue weighted by Gasteiger charge is 2.07. The molecule has 3 heteroatoms. The van der Waals surface area contributed by atoms with Crippen LogP contribution < -0.4 is 4.74 Å². The van der Waals surface area contributed by atoms with Crippen molar-refractivity contribution in [2.75, 3.05) is 6.61 Å². The van der Waals surface area contributed by atoms with Crippen LogP contribution >= 0.6 is 15.9 Å². The summed E-state index contributed by atoms with van der Waals surface area (Å²) in [6.07, 6.45) is 5.73. The van der Waals surface area contributed by atoms with Gasteiger partial charge in [0.1, 0.15) is 18.2 Å². The summed E-state index contributed by atoms with van der Waals surface area (Å²) < 4.78 is 19.1. The van der Waals surface area contributed by atoms with Crippen molar-refractivity contribution >= 4 is 15.9 Å². The standard InChI is InChI=1S/C12H12BrFO/c13-11-7-10(14)5-6-12(11)15-8-9-3-1-2-4-9/h3,5-7H,1-2,4,8H2. The number of halogens is 2. The van der Waals surface area contributed by atoms with Gasteiger partial charge in [-0.3, -0.25) is 0 Å². The SMILES string of the molecule is Fc1ccc(OCC2=CCCC2)c(Br)c1. The number of hydrogen-bond acceptors (Lipinski definition) is 1. The Labute approximate surface area is 97.1 Å². The summed E-state index contributed by atoms with van der Waals surface area (Å²) in [7, 11) is 0. The third kappa shape index (κ3) is 2.81. The molecule has 0 unspecified atom stereocenters. The van der Waals surface area contributed by atoms with E-state index in [2.05, 4.69) is 22.0 Å². The van der Waals surface area contributed by atoms with Crippen LogP contribution in [0.15, 0.2) is 34.3 Å². The summed E-state index contributed by atoms with van der Waals surface area (Å²) in [5, 5.41) is 0. The highest BCUT2D eigenvalue weighted by atomic mass is 79.9. The van der Waals surface area contributed by atoms with Crippen LogP contribution in [0.3, 0.4) is 0 Å². The van der Waals surface area contributed by atoms with E-state index in [4.69, 9.17) is 4.74 Å². The second-order valence-corrected chi connectivity index (χ2v) is 4.47. The van der Waals surface area contributed by atoms with Gasteiger partial charge < -0.3 is 4.74 Å². The Bertz CT molecular complexity index is 387. The summed E-state index contributed by atoms with van der Waals surface area (Å²) in [4.78, 5) is 0. The zero-order chi connectivity index (χ0) is 10.7. The summed E-state index contributed by atoms with van der Waals surface area (Å²) in [5.74, 6) is 0.443. The summed E-state index contributed by atoms with van der Waals surface area (Å²) in [6.45, 7) is 0.615. The number of benzene rings is 1. The Morgan fingerprint density at radius 2 is 2.27 bits per heavy atom. The van der Waals surface area contributed by atoms with Crippen molar-refractivity contribution in [2.24, 2.45) is 0 Å².